The summed E-state index contributed by atoms with van der Waals surface area (Å²) in [6.45, 7) is 0. The van der Waals surface area contributed by atoms with Crippen LogP contribution in [0.5, 0.6) is 0 Å². The molecule has 0 aromatic carbocycles. The fourth-order valence-electron chi connectivity index (χ4n) is 2.64. The Bertz CT molecular complexity index is 332. The molecule has 3 rings (SSSR count). The summed E-state index contributed by atoms with van der Waals surface area (Å²) in [6, 6.07) is 0.999. The first kappa shape index (κ1) is 8.77. The molecule has 2 N–H and O–H groups in total. The zero-order chi connectivity index (χ0) is 9.54. The van der Waals surface area contributed by atoms with E-state index >= 15 is 0 Å². The van der Waals surface area contributed by atoms with E-state index in [1.165, 1.54) is 5.57 Å². The van der Waals surface area contributed by atoms with Gasteiger partial charge in [0.15, 0.2) is 0 Å². The molecule has 1 aliphatic heterocycles. The van der Waals surface area contributed by atoms with E-state index in [1.807, 2.05) is 0 Å². The van der Waals surface area contributed by atoms with Crippen LogP contribution >= 0.6 is 12.6 Å². The molecule has 3 heteroatoms. The topological polar surface area (TPSA) is 24.1 Å². The monoisotopic (exact) mass is 206 g/mol. The summed E-state index contributed by atoms with van der Waals surface area (Å²) in [5, 5.41) is 6.91. The first-order valence-electron chi connectivity index (χ1n) is 5.10. The smallest absolute Gasteiger partial charge is 0.103 e. The largest absolute Gasteiger partial charge is 0.290 e. The van der Waals surface area contributed by atoms with Gasteiger partial charge in [-0.25, -0.2) is 0 Å². The Morgan fingerprint density at radius 1 is 1.36 bits per heavy atom. The van der Waals surface area contributed by atoms with Gasteiger partial charge in [-0.1, -0.05) is 30.4 Å². The van der Waals surface area contributed by atoms with Gasteiger partial charge in [-0.05, 0) is 12.0 Å². The highest BCUT2D eigenvalue weighted by atomic mass is 32.1. The van der Waals surface area contributed by atoms with E-state index in [0.717, 1.165) is 6.42 Å². The average Bonchev–Trinajstić information content (AvgIpc) is 2.18. The van der Waals surface area contributed by atoms with Crippen molar-refractivity contribution in [3.8, 4) is 0 Å². The van der Waals surface area contributed by atoms with Gasteiger partial charge in [0.2, 0.25) is 0 Å². The van der Waals surface area contributed by atoms with Crippen molar-refractivity contribution in [3.63, 3.8) is 0 Å². The van der Waals surface area contributed by atoms with E-state index < -0.39 is 0 Å². The van der Waals surface area contributed by atoms with Gasteiger partial charge in [-0.3, -0.25) is 10.6 Å². The van der Waals surface area contributed by atoms with Gasteiger partial charge in [-0.15, -0.1) is 12.6 Å². The minimum absolute atomic E-state index is 0.122. The SMILES string of the molecule is SC1NC2C=CC=C3C=CCC(N1)C32. The van der Waals surface area contributed by atoms with E-state index in [1.54, 1.807) is 0 Å². The zero-order valence-electron chi connectivity index (χ0n) is 7.85. The maximum atomic E-state index is 4.45. The second-order valence-electron chi connectivity index (χ2n) is 4.08. The van der Waals surface area contributed by atoms with Crippen molar-refractivity contribution in [1.82, 2.24) is 10.6 Å². The predicted octanol–water partition coefficient (Wildman–Crippen LogP) is 1.20. The first-order valence-corrected chi connectivity index (χ1v) is 5.61. The van der Waals surface area contributed by atoms with Crippen molar-refractivity contribution in [2.45, 2.75) is 24.0 Å². The Balaban J connectivity index is 1.98. The Kier molecular flexibility index (Phi) is 2.04. The zero-order valence-corrected chi connectivity index (χ0v) is 8.74. The van der Waals surface area contributed by atoms with Crippen LogP contribution in [0.15, 0.2) is 36.0 Å². The Morgan fingerprint density at radius 2 is 2.29 bits per heavy atom. The third-order valence-corrected chi connectivity index (χ3v) is 3.53. The van der Waals surface area contributed by atoms with Gasteiger partial charge in [0.05, 0.1) is 0 Å². The Hall–Kier alpha value is -0.510. The normalized spacial score (nSPS) is 44.5. The van der Waals surface area contributed by atoms with Crippen LogP contribution in [0, 0.1) is 5.92 Å². The summed E-state index contributed by atoms with van der Waals surface area (Å²) in [5.74, 6) is 0.591. The number of hydrogen-bond donors (Lipinski definition) is 3. The molecule has 2 aliphatic carbocycles. The molecule has 14 heavy (non-hydrogen) atoms. The van der Waals surface area contributed by atoms with Gasteiger partial charge in [0.1, 0.15) is 5.50 Å². The summed E-state index contributed by atoms with van der Waals surface area (Å²) in [5.41, 5.74) is 1.56. The highest BCUT2D eigenvalue weighted by Crippen LogP contribution is 2.33. The maximum Gasteiger partial charge on any atom is 0.103 e. The number of rotatable bonds is 0. The lowest BCUT2D eigenvalue weighted by Gasteiger charge is -2.44. The van der Waals surface area contributed by atoms with Crippen LogP contribution < -0.4 is 10.6 Å². The second kappa shape index (κ2) is 3.26. The number of allylic oxidation sites excluding steroid dienone is 3. The predicted molar refractivity (Wildman–Crippen MR) is 61.1 cm³/mol. The quantitative estimate of drug-likeness (QED) is 0.519. The molecule has 0 radical (unpaired) electrons. The van der Waals surface area contributed by atoms with E-state index in [-0.39, 0.29) is 5.50 Å². The highest BCUT2D eigenvalue weighted by Gasteiger charge is 2.37. The molecular weight excluding hydrogens is 192 g/mol. The molecule has 1 heterocycles. The summed E-state index contributed by atoms with van der Waals surface area (Å²) in [6.07, 6.45) is 12.2. The van der Waals surface area contributed by atoms with Gasteiger partial charge in [0.25, 0.3) is 0 Å². The number of nitrogens with one attached hydrogen (secondary N) is 2. The van der Waals surface area contributed by atoms with Crippen molar-refractivity contribution in [2.75, 3.05) is 0 Å². The molecule has 0 aromatic heterocycles. The molecule has 1 fully saturated rings. The fraction of sp³-hybridized carbons (Fsp3) is 0.455. The van der Waals surface area contributed by atoms with Crippen molar-refractivity contribution in [1.29, 1.82) is 0 Å². The molecule has 1 saturated heterocycles. The van der Waals surface area contributed by atoms with Crippen LogP contribution in [0.2, 0.25) is 0 Å². The molecule has 4 atom stereocenters. The van der Waals surface area contributed by atoms with E-state index in [9.17, 15) is 0 Å². The summed E-state index contributed by atoms with van der Waals surface area (Å²) in [7, 11) is 0. The van der Waals surface area contributed by atoms with Gasteiger partial charge < -0.3 is 0 Å². The van der Waals surface area contributed by atoms with Crippen LogP contribution in [-0.4, -0.2) is 17.6 Å². The molecule has 0 saturated carbocycles. The molecule has 0 spiro atoms. The number of thiol groups is 1. The lowest BCUT2D eigenvalue weighted by molar-refractivity contribution is 0.251. The third-order valence-electron chi connectivity index (χ3n) is 3.23. The van der Waals surface area contributed by atoms with Crippen molar-refractivity contribution < 1.29 is 0 Å². The van der Waals surface area contributed by atoms with Crippen molar-refractivity contribution >= 4 is 12.6 Å². The minimum Gasteiger partial charge on any atom is -0.290 e. The van der Waals surface area contributed by atoms with E-state index in [4.69, 9.17) is 0 Å². The molecular formula is C11H14N2S. The van der Waals surface area contributed by atoms with Crippen LogP contribution in [0.25, 0.3) is 0 Å². The lowest BCUT2D eigenvalue weighted by Crippen LogP contribution is -2.61. The third kappa shape index (κ3) is 1.28. The Morgan fingerprint density at radius 3 is 3.21 bits per heavy atom. The number of hydrogen-bond acceptors (Lipinski definition) is 3. The van der Waals surface area contributed by atoms with Crippen LogP contribution in [-0.2, 0) is 0 Å². The molecule has 0 bridgehead atoms. The molecule has 0 amide bonds. The minimum atomic E-state index is 0.122. The van der Waals surface area contributed by atoms with Crippen molar-refractivity contribution in [3.05, 3.63) is 36.0 Å². The maximum absolute atomic E-state index is 4.45. The molecule has 4 unspecified atom stereocenters. The van der Waals surface area contributed by atoms with E-state index in [0.29, 0.717) is 18.0 Å². The van der Waals surface area contributed by atoms with E-state index in [2.05, 4.69) is 53.6 Å². The Labute approximate surface area is 89.6 Å². The average molecular weight is 206 g/mol. The summed E-state index contributed by atoms with van der Waals surface area (Å²) in [4.78, 5) is 0. The molecule has 0 aromatic rings. The standard InChI is InChI=1S/C11H14N2S/c14-11-12-8-5-1-3-7-4-2-6-9(13-11)10(7)8/h1-5,8-14H,6H2. The van der Waals surface area contributed by atoms with Crippen LogP contribution in [0.3, 0.4) is 0 Å². The first-order chi connectivity index (χ1) is 6.84. The summed E-state index contributed by atoms with van der Waals surface area (Å²) >= 11 is 4.45. The fourth-order valence-corrected chi connectivity index (χ4v) is 3.00. The molecule has 3 aliphatic rings. The van der Waals surface area contributed by atoms with Gasteiger partial charge in [-0.2, -0.15) is 0 Å². The van der Waals surface area contributed by atoms with Crippen molar-refractivity contribution in [2.24, 2.45) is 5.92 Å². The lowest BCUT2D eigenvalue weighted by atomic mass is 9.76. The van der Waals surface area contributed by atoms with Crippen LogP contribution in [0.4, 0.5) is 0 Å². The molecule has 2 nitrogen and oxygen atoms in total. The van der Waals surface area contributed by atoms with Gasteiger partial charge in [0, 0.05) is 18.0 Å². The van der Waals surface area contributed by atoms with Gasteiger partial charge >= 0.3 is 0 Å². The molecule has 74 valence electrons. The second-order valence-corrected chi connectivity index (χ2v) is 4.60. The summed E-state index contributed by atoms with van der Waals surface area (Å²) < 4.78 is 0. The van der Waals surface area contributed by atoms with Crippen LogP contribution in [0.1, 0.15) is 6.42 Å². The highest BCUT2D eigenvalue weighted by molar-refractivity contribution is 7.80.